The maximum atomic E-state index is 12.0. The summed E-state index contributed by atoms with van der Waals surface area (Å²) in [6.45, 7) is 1.63. The number of hydrogen-bond donors (Lipinski definition) is 2. The molecule has 0 aliphatic rings. The lowest BCUT2D eigenvalue weighted by Crippen LogP contribution is -2.21. The van der Waals surface area contributed by atoms with E-state index in [1.165, 1.54) is 18.5 Å². The number of carbonyl (C=O) groups excluding carboxylic acids is 2. The Hall–Kier alpha value is -2.44. The standard InChI is InChI=1S/C16H14Cl2N4O2/c1-10(21-22-16(24)11-4-6-19-7-5-11)8-15(23)20-14-3-2-12(17)9-13(14)18/h2-7,9H,8H2,1H3,(H,20,23)(H,22,24)/b21-10-. The van der Waals surface area contributed by atoms with Gasteiger partial charge in [0.25, 0.3) is 5.91 Å². The van der Waals surface area contributed by atoms with Crippen LogP contribution in [0.15, 0.2) is 47.8 Å². The van der Waals surface area contributed by atoms with Crippen LogP contribution in [0, 0.1) is 0 Å². The van der Waals surface area contributed by atoms with Crippen LogP contribution in [0.25, 0.3) is 0 Å². The smallest absolute Gasteiger partial charge is 0.271 e. The van der Waals surface area contributed by atoms with E-state index in [2.05, 4.69) is 20.8 Å². The third kappa shape index (κ3) is 5.33. The molecule has 2 aromatic rings. The zero-order chi connectivity index (χ0) is 17.5. The fraction of sp³-hybridized carbons (Fsp3) is 0.125. The van der Waals surface area contributed by atoms with Crippen molar-refractivity contribution < 1.29 is 9.59 Å². The molecule has 8 heteroatoms. The van der Waals surface area contributed by atoms with Gasteiger partial charge in [0, 0.05) is 28.7 Å². The van der Waals surface area contributed by atoms with Crippen LogP contribution in [0.1, 0.15) is 23.7 Å². The largest absolute Gasteiger partial charge is 0.324 e. The summed E-state index contributed by atoms with van der Waals surface area (Å²) in [6.07, 6.45) is 3.03. The van der Waals surface area contributed by atoms with E-state index in [0.717, 1.165) is 0 Å². The maximum Gasteiger partial charge on any atom is 0.271 e. The van der Waals surface area contributed by atoms with Crippen LogP contribution in [0.3, 0.4) is 0 Å². The predicted molar refractivity (Wildman–Crippen MR) is 94.5 cm³/mol. The molecule has 2 rings (SSSR count). The van der Waals surface area contributed by atoms with Crippen LogP contribution < -0.4 is 10.7 Å². The second-order valence-electron chi connectivity index (χ2n) is 4.87. The fourth-order valence-electron chi connectivity index (χ4n) is 1.77. The number of benzene rings is 1. The Morgan fingerprint density at radius 1 is 1.17 bits per heavy atom. The highest BCUT2D eigenvalue weighted by molar-refractivity contribution is 6.36. The topological polar surface area (TPSA) is 83.5 Å². The van der Waals surface area contributed by atoms with E-state index in [1.807, 2.05) is 0 Å². The number of halogens is 2. The van der Waals surface area contributed by atoms with Crippen molar-refractivity contribution in [2.75, 3.05) is 5.32 Å². The van der Waals surface area contributed by atoms with E-state index in [-0.39, 0.29) is 18.2 Å². The number of nitrogens with one attached hydrogen (secondary N) is 2. The maximum absolute atomic E-state index is 12.0. The summed E-state index contributed by atoms with van der Waals surface area (Å²) in [4.78, 5) is 27.6. The Kier molecular flexibility index (Phi) is 6.28. The fourth-order valence-corrected chi connectivity index (χ4v) is 2.23. The van der Waals surface area contributed by atoms with Crippen molar-refractivity contribution in [2.24, 2.45) is 5.10 Å². The number of rotatable bonds is 5. The lowest BCUT2D eigenvalue weighted by atomic mass is 10.2. The summed E-state index contributed by atoms with van der Waals surface area (Å²) < 4.78 is 0. The molecule has 24 heavy (non-hydrogen) atoms. The minimum atomic E-state index is -0.377. The molecule has 0 radical (unpaired) electrons. The lowest BCUT2D eigenvalue weighted by Gasteiger charge is -2.07. The van der Waals surface area contributed by atoms with Crippen LogP contribution in [0.5, 0.6) is 0 Å². The third-order valence-electron chi connectivity index (χ3n) is 2.91. The summed E-state index contributed by atoms with van der Waals surface area (Å²) in [5.41, 5.74) is 3.72. The Labute approximate surface area is 148 Å². The predicted octanol–water partition coefficient (Wildman–Crippen LogP) is 3.52. The molecule has 1 heterocycles. The second-order valence-corrected chi connectivity index (χ2v) is 5.72. The minimum Gasteiger partial charge on any atom is -0.324 e. The molecule has 1 aromatic carbocycles. The number of amides is 2. The van der Waals surface area contributed by atoms with Gasteiger partial charge in [0.2, 0.25) is 5.91 Å². The van der Waals surface area contributed by atoms with Gasteiger partial charge in [-0.25, -0.2) is 5.43 Å². The van der Waals surface area contributed by atoms with Gasteiger partial charge >= 0.3 is 0 Å². The molecule has 0 spiro atoms. The lowest BCUT2D eigenvalue weighted by molar-refractivity contribution is -0.115. The highest BCUT2D eigenvalue weighted by atomic mass is 35.5. The summed E-state index contributed by atoms with van der Waals surface area (Å²) in [7, 11) is 0. The minimum absolute atomic E-state index is 0.00950. The molecular weight excluding hydrogens is 351 g/mol. The normalized spacial score (nSPS) is 11.0. The number of hydrazone groups is 1. The van der Waals surface area contributed by atoms with Gasteiger partial charge in [-0.1, -0.05) is 23.2 Å². The van der Waals surface area contributed by atoms with Gasteiger partial charge in [0.05, 0.1) is 17.1 Å². The van der Waals surface area contributed by atoms with E-state index < -0.39 is 0 Å². The van der Waals surface area contributed by atoms with Crippen molar-refractivity contribution in [3.05, 3.63) is 58.3 Å². The van der Waals surface area contributed by atoms with Gasteiger partial charge in [-0.05, 0) is 37.3 Å². The van der Waals surface area contributed by atoms with E-state index in [4.69, 9.17) is 23.2 Å². The summed E-state index contributed by atoms with van der Waals surface area (Å²) >= 11 is 11.8. The molecule has 0 saturated carbocycles. The number of aromatic nitrogens is 1. The van der Waals surface area contributed by atoms with E-state index in [0.29, 0.717) is 27.0 Å². The number of pyridine rings is 1. The van der Waals surface area contributed by atoms with E-state index >= 15 is 0 Å². The third-order valence-corrected chi connectivity index (χ3v) is 3.46. The van der Waals surface area contributed by atoms with Crippen molar-refractivity contribution in [2.45, 2.75) is 13.3 Å². The Morgan fingerprint density at radius 2 is 1.88 bits per heavy atom. The zero-order valence-corrected chi connectivity index (χ0v) is 14.2. The van der Waals surface area contributed by atoms with Crippen molar-refractivity contribution in [1.29, 1.82) is 0 Å². The van der Waals surface area contributed by atoms with Crippen molar-refractivity contribution in [1.82, 2.24) is 10.4 Å². The van der Waals surface area contributed by atoms with Crippen molar-refractivity contribution in [3.8, 4) is 0 Å². The van der Waals surface area contributed by atoms with Gasteiger partial charge in [-0.2, -0.15) is 5.10 Å². The molecule has 1 aromatic heterocycles. The molecule has 124 valence electrons. The first-order valence-electron chi connectivity index (χ1n) is 6.94. The molecule has 6 nitrogen and oxygen atoms in total. The highest BCUT2D eigenvalue weighted by Crippen LogP contribution is 2.25. The molecule has 2 N–H and O–H groups in total. The molecule has 0 aliphatic carbocycles. The Morgan fingerprint density at radius 3 is 2.54 bits per heavy atom. The van der Waals surface area contributed by atoms with Gasteiger partial charge in [-0.15, -0.1) is 0 Å². The molecule has 2 amide bonds. The molecule has 0 fully saturated rings. The number of anilines is 1. The van der Waals surface area contributed by atoms with Gasteiger partial charge < -0.3 is 5.32 Å². The zero-order valence-electron chi connectivity index (χ0n) is 12.7. The molecule has 0 atom stereocenters. The first-order valence-corrected chi connectivity index (χ1v) is 7.69. The Bertz CT molecular complexity index is 779. The quantitative estimate of drug-likeness (QED) is 0.628. The molecule has 0 bridgehead atoms. The van der Waals surface area contributed by atoms with Gasteiger partial charge in [-0.3, -0.25) is 14.6 Å². The van der Waals surface area contributed by atoms with Crippen molar-refractivity contribution in [3.63, 3.8) is 0 Å². The summed E-state index contributed by atoms with van der Waals surface area (Å²) in [5.74, 6) is -0.684. The van der Waals surface area contributed by atoms with Crippen LogP contribution in [0.2, 0.25) is 10.0 Å². The van der Waals surface area contributed by atoms with Crippen LogP contribution >= 0.6 is 23.2 Å². The monoisotopic (exact) mass is 364 g/mol. The molecule has 0 saturated heterocycles. The van der Waals surface area contributed by atoms with Gasteiger partial charge in [0.1, 0.15) is 0 Å². The van der Waals surface area contributed by atoms with Crippen LogP contribution in [-0.4, -0.2) is 22.5 Å². The highest BCUT2D eigenvalue weighted by Gasteiger charge is 2.09. The average Bonchev–Trinajstić information content (AvgIpc) is 2.56. The number of hydrogen-bond acceptors (Lipinski definition) is 4. The first kappa shape index (κ1) is 17.9. The first-order chi connectivity index (χ1) is 11.5. The van der Waals surface area contributed by atoms with E-state index in [9.17, 15) is 9.59 Å². The average molecular weight is 365 g/mol. The van der Waals surface area contributed by atoms with E-state index in [1.54, 1.807) is 31.2 Å². The van der Waals surface area contributed by atoms with Crippen LogP contribution in [0.4, 0.5) is 5.69 Å². The SMILES string of the molecule is C/C(CC(=O)Nc1ccc(Cl)cc1Cl)=N/NC(=O)c1ccncc1. The summed E-state index contributed by atoms with van der Waals surface area (Å²) in [6, 6.07) is 7.90. The molecular formula is C16H14Cl2N4O2. The van der Waals surface area contributed by atoms with Crippen LogP contribution in [-0.2, 0) is 4.79 Å². The Balaban J connectivity index is 1.90. The van der Waals surface area contributed by atoms with Crippen molar-refractivity contribution >= 4 is 46.4 Å². The number of carbonyl (C=O) groups is 2. The number of nitrogens with zero attached hydrogens (tertiary/aromatic N) is 2. The molecule has 0 unspecified atom stereocenters. The summed E-state index contributed by atoms with van der Waals surface area (Å²) in [5, 5.41) is 7.38. The molecule has 0 aliphatic heterocycles. The second kappa shape index (κ2) is 8.42. The van der Waals surface area contributed by atoms with Gasteiger partial charge in [0.15, 0.2) is 0 Å².